The van der Waals surface area contributed by atoms with E-state index in [-0.39, 0.29) is 41.6 Å². The minimum Gasteiger partial charge on any atom is -0.508 e. The van der Waals surface area contributed by atoms with Crippen LogP contribution in [-0.2, 0) is 12.8 Å². The Morgan fingerprint density at radius 2 is 0.821 bits per heavy atom. The summed E-state index contributed by atoms with van der Waals surface area (Å²) in [6.07, 6.45) is 0.181. The highest BCUT2D eigenvalue weighted by molar-refractivity contribution is 5.55. The molecule has 0 bridgehead atoms. The van der Waals surface area contributed by atoms with E-state index in [9.17, 15) is 35.7 Å². The number of hydrogen-bond donors (Lipinski definition) is 7. The monoisotopic (exact) mass is 384 g/mol. The van der Waals surface area contributed by atoms with Crippen molar-refractivity contribution in [2.45, 2.75) is 19.8 Å². The first-order chi connectivity index (χ1) is 13.2. The third-order valence-electron chi connectivity index (χ3n) is 4.53. The second kappa shape index (κ2) is 7.11. The average molecular weight is 384 g/mol. The molecule has 0 radical (unpaired) electrons. The van der Waals surface area contributed by atoms with Gasteiger partial charge in [0, 0.05) is 36.1 Å². The van der Waals surface area contributed by atoms with Gasteiger partial charge in [-0.3, -0.25) is 0 Å². The van der Waals surface area contributed by atoms with Crippen LogP contribution in [0.25, 0.3) is 0 Å². The van der Waals surface area contributed by atoms with E-state index in [1.54, 1.807) is 12.1 Å². The fourth-order valence-corrected chi connectivity index (χ4v) is 3.12. The Hall–Kier alpha value is -3.74. The summed E-state index contributed by atoms with van der Waals surface area (Å²) in [6.45, 7) is 1.81. The lowest BCUT2D eigenvalue weighted by atomic mass is 9.94. The number of hydrogen-bond acceptors (Lipinski definition) is 7. The maximum atomic E-state index is 10.7. The summed E-state index contributed by atoms with van der Waals surface area (Å²) < 4.78 is 0. The van der Waals surface area contributed by atoms with E-state index >= 15 is 0 Å². The molecule has 0 saturated heterocycles. The number of phenolic OH excluding ortho intramolecular Hbond substituents is 7. The van der Waals surface area contributed by atoms with Gasteiger partial charge in [-0.25, -0.2) is 0 Å². The van der Waals surface area contributed by atoms with E-state index in [0.29, 0.717) is 22.3 Å². The zero-order valence-corrected chi connectivity index (χ0v) is 15.0. The van der Waals surface area contributed by atoms with Crippen molar-refractivity contribution in [1.29, 1.82) is 0 Å². The van der Waals surface area contributed by atoms with E-state index in [1.165, 1.54) is 12.1 Å². The lowest BCUT2D eigenvalue weighted by Crippen LogP contribution is -1.97. The van der Waals surface area contributed by atoms with Gasteiger partial charge in [0.15, 0.2) is 23.0 Å². The molecule has 0 spiro atoms. The number of aromatic hydroxyl groups is 7. The summed E-state index contributed by atoms with van der Waals surface area (Å²) in [5.74, 6) is -2.17. The maximum absolute atomic E-state index is 10.7. The first kappa shape index (κ1) is 19.0. The van der Waals surface area contributed by atoms with Crippen molar-refractivity contribution in [1.82, 2.24) is 0 Å². The highest BCUT2D eigenvalue weighted by Crippen LogP contribution is 2.38. The molecule has 7 heteroatoms. The van der Waals surface area contributed by atoms with Crippen molar-refractivity contribution in [3.63, 3.8) is 0 Å². The SMILES string of the molecule is Cc1cc(Cc2cc(O)c(O)cc2O)c(O)c(Cc2cc(O)c(O)cc2O)c1. The van der Waals surface area contributed by atoms with Gasteiger partial charge in [-0.1, -0.05) is 17.7 Å². The molecule has 0 atom stereocenters. The van der Waals surface area contributed by atoms with E-state index in [1.807, 2.05) is 6.92 Å². The van der Waals surface area contributed by atoms with Gasteiger partial charge in [0.2, 0.25) is 0 Å². The third-order valence-corrected chi connectivity index (χ3v) is 4.53. The molecule has 0 amide bonds. The molecule has 3 rings (SSSR count). The van der Waals surface area contributed by atoms with E-state index in [4.69, 9.17) is 0 Å². The minimum atomic E-state index is -0.446. The van der Waals surface area contributed by atoms with Crippen molar-refractivity contribution in [2.24, 2.45) is 0 Å². The van der Waals surface area contributed by atoms with Gasteiger partial charge in [-0.15, -0.1) is 0 Å². The molecule has 0 aliphatic heterocycles. The second-order valence-corrected chi connectivity index (χ2v) is 6.72. The topological polar surface area (TPSA) is 142 Å². The zero-order valence-electron chi connectivity index (χ0n) is 15.0. The van der Waals surface area contributed by atoms with Gasteiger partial charge in [0.25, 0.3) is 0 Å². The molecule has 0 heterocycles. The molecule has 3 aromatic rings. The summed E-state index contributed by atoms with van der Waals surface area (Å²) in [5, 5.41) is 68.9. The van der Waals surface area contributed by atoms with E-state index in [0.717, 1.165) is 17.7 Å². The summed E-state index contributed by atoms with van der Waals surface area (Å²) in [5.41, 5.74) is 2.38. The molecule has 0 aliphatic carbocycles. The van der Waals surface area contributed by atoms with Crippen molar-refractivity contribution in [3.05, 3.63) is 64.2 Å². The minimum absolute atomic E-state index is 0.0653. The van der Waals surface area contributed by atoms with Crippen LogP contribution in [0.3, 0.4) is 0 Å². The van der Waals surface area contributed by atoms with Crippen molar-refractivity contribution in [3.8, 4) is 40.2 Å². The van der Waals surface area contributed by atoms with Crippen LogP contribution in [0, 0.1) is 6.92 Å². The van der Waals surface area contributed by atoms with Crippen LogP contribution in [-0.4, -0.2) is 35.7 Å². The third kappa shape index (κ3) is 3.68. The van der Waals surface area contributed by atoms with Crippen molar-refractivity contribution < 1.29 is 35.7 Å². The zero-order chi connectivity index (χ0) is 20.6. The molecule has 0 saturated carbocycles. The number of aryl methyl sites for hydroxylation is 1. The second-order valence-electron chi connectivity index (χ2n) is 6.72. The quantitative estimate of drug-likeness (QED) is 0.271. The molecule has 3 aromatic carbocycles. The van der Waals surface area contributed by atoms with Crippen LogP contribution in [0.5, 0.6) is 40.2 Å². The molecule has 0 fully saturated rings. The molecule has 28 heavy (non-hydrogen) atoms. The van der Waals surface area contributed by atoms with Crippen LogP contribution < -0.4 is 0 Å². The van der Waals surface area contributed by atoms with Gasteiger partial charge >= 0.3 is 0 Å². The highest BCUT2D eigenvalue weighted by atomic mass is 16.3. The Bertz CT molecular complexity index is 977. The Morgan fingerprint density at radius 1 is 0.464 bits per heavy atom. The summed E-state index contributed by atoms with van der Waals surface area (Å²) >= 11 is 0. The number of benzene rings is 3. The van der Waals surface area contributed by atoms with Gasteiger partial charge in [0.1, 0.15) is 17.2 Å². The lowest BCUT2D eigenvalue weighted by Gasteiger charge is -2.14. The van der Waals surface area contributed by atoms with Crippen molar-refractivity contribution >= 4 is 0 Å². The smallest absolute Gasteiger partial charge is 0.161 e. The lowest BCUT2D eigenvalue weighted by molar-refractivity contribution is 0.394. The van der Waals surface area contributed by atoms with Crippen LogP contribution in [0.4, 0.5) is 0 Å². The molecular weight excluding hydrogens is 364 g/mol. The molecule has 0 aliphatic rings. The fourth-order valence-electron chi connectivity index (χ4n) is 3.12. The van der Waals surface area contributed by atoms with Gasteiger partial charge in [-0.2, -0.15) is 0 Å². The molecule has 0 aromatic heterocycles. The van der Waals surface area contributed by atoms with E-state index in [2.05, 4.69) is 0 Å². The van der Waals surface area contributed by atoms with E-state index < -0.39 is 11.5 Å². The molecule has 0 unspecified atom stereocenters. The first-order valence-electron chi connectivity index (χ1n) is 8.44. The maximum Gasteiger partial charge on any atom is 0.161 e. The Labute approximate surface area is 160 Å². The van der Waals surface area contributed by atoms with Crippen LogP contribution in [0.2, 0.25) is 0 Å². The number of phenols is 7. The normalized spacial score (nSPS) is 10.9. The van der Waals surface area contributed by atoms with Crippen LogP contribution in [0.1, 0.15) is 27.8 Å². The standard InChI is InChI=1S/C21H20O7/c1-10-2-13(4-11-6-17(24)19(26)8-15(11)22)21(28)14(3-10)5-12-7-18(25)20(27)9-16(12)23/h2-3,6-9,22-28H,4-5H2,1H3. The highest BCUT2D eigenvalue weighted by Gasteiger charge is 2.16. The summed E-state index contributed by atoms with van der Waals surface area (Å²) in [7, 11) is 0. The fraction of sp³-hybridized carbons (Fsp3) is 0.143. The Kier molecular flexibility index (Phi) is 4.83. The van der Waals surface area contributed by atoms with Gasteiger partial charge in [-0.05, 0) is 30.2 Å². The van der Waals surface area contributed by atoms with Crippen LogP contribution in [0.15, 0.2) is 36.4 Å². The van der Waals surface area contributed by atoms with Crippen molar-refractivity contribution in [2.75, 3.05) is 0 Å². The van der Waals surface area contributed by atoms with Gasteiger partial charge < -0.3 is 35.7 Å². The molecule has 146 valence electrons. The summed E-state index contributed by atoms with van der Waals surface area (Å²) in [6, 6.07) is 7.92. The predicted octanol–water partition coefficient (Wildman–Crippen LogP) is 3.12. The average Bonchev–Trinajstić information content (AvgIpc) is 2.61. The Morgan fingerprint density at radius 3 is 1.21 bits per heavy atom. The largest absolute Gasteiger partial charge is 0.508 e. The molecular formula is C21H20O7. The summed E-state index contributed by atoms with van der Waals surface area (Å²) in [4.78, 5) is 0. The first-order valence-corrected chi connectivity index (χ1v) is 8.44. The predicted molar refractivity (Wildman–Crippen MR) is 101 cm³/mol. The van der Waals surface area contributed by atoms with Crippen LogP contribution >= 0.6 is 0 Å². The molecule has 7 nitrogen and oxygen atoms in total. The Balaban J connectivity index is 1.99. The molecule has 7 N–H and O–H groups in total. The van der Waals surface area contributed by atoms with Gasteiger partial charge in [0.05, 0.1) is 0 Å². The number of rotatable bonds is 4.